The smallest absolute Gasteiger partial charge is 0.275 e. The molecule has 0 bridgehead atoms. The van der Waals surface area contributed by atoms with Gasteiger partial charge in [-0.05, 0) is 41.1 Å². The summed E-state index contributed by atoms with van der Waals surface area (Å²) in [5, 5.41) is 32.5. The van der Waals surface area contributed by atoms with E-state index in [1.807, 2.05) is 6.07 Å². The van der Waals surface area contributed by atoms with Crippen molar-refractivity contribution >= 4 is 22.2 Å². The van der Waals surface area contributed by atoms with Crippen molar-refractivity contribution in [3.63, 3.8) is 0 Å². The number of aliphatic hydroxyl groups is 1. The SMILES string of the molecule is COCOc1ccc([N+](=O)[O-])c(C(O)CC(=O)c2ccc3ccc(C#N)cc3c2)c1. The summed E-state index contributed by atoms with van der Waals surface area (Å²) < 4.78 is 10.1. The number of benzene rings is 3. The first-order valence-corrected chi connectivity index (χ1v) is 8.98. The molecule has 0 spiro atoms. The Morgan fingerprint density at radius 2 is 1.93 bits per heavy atom. The van der Waals surface area contributed by atoms with Gasteiger partial charge in [0.1, 0.15) is 5.75 Å². The van der Waals surface area contributed by atoms with Crippen molar-refractivity contribution in [1.29, 1.82) is 5.26 Å². The van der Waals surface area contributed by atoms with Crippen LogP contribution in [-0.4, -0.2) is 29.7 Å². The highest BCUT2D eigenvalue weighted by molar-refractivity contribution is 6.00. The lowest BCUT2D eigenvalue weighted by molar-refractivity contribution is -0.386. The zero-order valence-electron chi connectivity index (χ0n) is 16.1. The molecule has 8 nitrogen and oxygen atoms in total. The molecule has 1 N–H and O–H groups in total. The first-order valence-electron chi connectivity index (χ1n) is 8.98. The van der Waals surface area contributed by atoms with Crippen molar-refractivity contribution in [1.82, 2.24) is 0 Å². The maximum atomic E-state index is 12.7. The average Bonchev–Trinajstić information content (AvgIpc) is 2.76. The molecule has 0 amide bonds. The predicted octanol–water partition coefficient (Wildman–Crippen LogP) is 3.91. The molecule has 0 aliphatic carbocycles. The molecular formula is C22H18N2O6. The number of fused-ring (bicyclic) bond motifs is 1. The molecule has 8 heteroatoms. The third kappa shape index (κ3) is 4.60. The molecule has 30 heavy (non-hydrogen) atoms. The Morgan fingerprint density at radius 3 is 2.63 bits per heavy atom. The van der Waals surface area contributed by atoms with Gasteiger partial charge in [0, 0.05) is 25.2 Å². The average molecular weight is 406 g/mol. The van der Waals surface area contributed by atoms with Crippen LogP contribution in [0.5, 0.6) is 5.75 Å². The van der Waals surface area contributed by atoms with Gasteiger partial charge in [0.05, 0.1) is 28.2 Å². The third-order valence-electron chi connectivity index (χ3n) is 4.57. The number of carbonyl (C=O) groups is 1. The fourth-order valence-electron chi connectivity index (χ4n) is 3.08. The van der Waals surface area contributed by atoms with E-state index in [-0.39, 0.29) is 36.0 Å². The highest BCUT2D eigenvalue weighted by Gasteiger charge is 2.24. The number of hydrogen-bond donors (Lipinski definition) is 1. The minimum Gasteiger partial charge on any atom is -0.468 e. The number of ether oxygens (including phenoxy) is 2. The van der Waals surface area contributed by atoms with E-state index in [9.17, 15) is 20.0 Å². The second-order valence-corrected chi connectivity index (χ2v) is 6.56. The second kappa shape index (κ2) is 9.13. The van der Waals surface area contributed by atoms with Crippen molar-refractivity contribution in [3.8, 4) is 11.8 Å². The number of ketones is 1. The number of Topliss-reactive ketones (excluding diaryl/α,β-unsaturated/α-hetero) is 1. The fraction of sp³-hybridized carbons (Fsp3) is 0.182. The Labute approximate surface area is 172 Å². The van der Waals surface area contributed by atoms with E-state index in [0.29, 0.717) is 11.1 Å². The van der Waals surface area contributed by atoms with Gasteiger partial charge in [-0.25, -0.2) is 0 Å². The van der Waals surface area contributed by atoms with Crippen LogP contribution in [0.3, 0.4) is 0 Å². The Hall–Kier alpha value is -3.80. The maximum Gasteiger partial charge on any atom is 0.275 e. The van der Waals surface area contributed by atoms with E-state index in [1.54, 1.807) is 36.4 Å². The van der Waals surface area contributed by atoms with E-state index >= 15 is 0 Å². The Morgan fingerprint density at radius 1 is 1.17 bits per heavy atom. The lowest BCUT2D eigenvalue weighted by Crippen LogP contribution is -2.10. The summed E-state index contributed by atoms with van der Waals surface area (Å²) in [6.07, 6.45) is -1.75. The second-order valence-electron chi connectivity index (χ2n) is 6.56. The molecule has 3 aromatic rings. The monoisotopic (exact) mass is 406 g/mol. The van der Waals surface area contributed by atoms with E-state index in [4.69, 9.17) is 14.7 Å². The summed E-state index contributed by atoms with van der Waals surface area (Å²) in [5.41, 5.74) is 0.480. The summed E-state index contributed by atoms with van der Waals surface area (Å²) in [6, 6.07) is 16.1. The number of nitriles is 1. The fourth-order valence-corrected chi connectivity index (χ4v) is 3.08. The molecule has 0 radical (unpaired) electrons. The molecule has 152 valence electrons. The van der Waals surface area contributed by atoms with Crippen LogP contribution in [0.2, 0.25) is 0 Å². The lowest BCUT2D eigenvalue weighted by Gasteiger charge is -2.13. The van der Waals surface area contributed by atoms with Crippen molar-refractivity contribution in [2.75, 3.05) is 13.9 Å². The Bertz CT molecular complexity index is 1150. The van der Waals surface area contributed by atoms with Gasteiger partial charge < -0.3 is 14.6 Å². The van der Waals surface area contributed by atoms with Gasteiger partial charge in [0.25, 0.3) is 5.69 Å². The van der Waals surface area contributed by atoms with E-state index in [1.165, 1.54) is 25.3 Å². The van der Waals surface area contributed by atoms with Gasteiger partial charge in [0.15, 0.2) is 12.6 Å². The largest absolute Gasteiger partial charge is 0.468 e. The normalized spacial score (nSPS) is 11.6. The molecule has 0 aliphatic heterocycles. The van der Waals surface area contributed by atoms with Crippen LogP contribution in [-0.2, 0) is 4.74 Å². The first-order chi connectivity index (χ1) is 14.4. The zero-order valence-corrected chi connectivity index (χ0v) is 16.1. The number of nitro benzene ring substituents is 1. The quantitative estimate of drug-likeness (QED) is 0.260. The van der Waals surface area contributed by atoms with Crippen LogP contribution in [0, 0.1) is 21.4 Å². The number of methoxy groups -OCH3 is 1. The number of hydrogen-bond acceptors (Lipinski definition) is 7. The third-order valence-corrected chi connectivity index (χ3v) is 4.57. The number of aliphatic hydroxyl groups excluding tert-OH is 1. The van der Waals surface area contributed by atoms with Crippen LogP contribution in [0.4, 0.5) is 5.69 Å². The Kier molecular flexibility index (Phi) is 6.37. The summed E-state index contributed by atoms with van der Waals surface area (Å²) in [6.45, 7) is -0.0615. The van der Waals surface area contributed by atoms with Crippen LogP contribution in [0.1, 0.15) is 34.0 Å². The van der Waals surface area contributed by atoms with Gasteiger partial charge in [-0.1, -0.05) is 18.2 Å². The van der Waals surface area contributed by atoms with Gasteiger partial charge in [-0.15, -0.1) is 0 Å². The molecule has 0 saturated carbocycles. The number of nitrogens with zero attached hydrogens (tertiary/aromatic N) is 2. The van der Waals surface area contributed by atoms with E-state index in [2.05, 4.69) is 0 Å². The molecule has 1 unspecified atom stereocenters. The number of nitro groups is 1. The molecule has 0 heterocycles. The van der Waals surface area contributed by atoms with Crippen LogP contribution in [0.25, 0.3) is 10.8 Å². The Balaban J connectivity index is 1.87. The van der Waals surface area contributed by atoms with Crippen molar-refractivity contribution in [2.45, 2.75) is 12.5 Å². The van der Waals surface area contributed by atoms with Crippen molar-refractivity contribution in [3.05, 3.63) is 81.4 Å². The topological polar surface area (TPSA) is 123 Å². The van der Waals surface area contributed by atoms with Gasteiger partial charge in [-0.2, -0.15) is 5.26 Å². The first kappa shape index (κ1) is 20.9. The lowest BCUT2D eigenvalue weighted by atomic mass is 9.96. The van der Waals surface area contributed by atoms with Crippen LogP contribution in [0.15, 0.2) is 54.6 Å². The molecule has 0 aliphatic rings. The molecule has 3 aromatic carbocycles. The highest BCUT2D eigenvalue weighted by atomic mass is 16.7. The van der Waals surface area contributed by atoms with Gasteiger partial charge >= 0.3 is 0 Å². The number of carbonyl (C=O) groups excluding carboxylic acids is 1. The van der Waals surface area contributed by atoms with E-state index in [0.717, 1.165) is 10.8 Å². The van der Waals surface area contributed by atoms with Crippen molar-refractivity contribution in [2.24, 2.45) is 0 Å². The van der Waals surface area contributed by atoms with Crippen LogP contribution < -0.4 is 4.74 Å². The molecule has 0 aromatic heterocycles. The highest BCUT2D eigenvalue weighted by Crippen LogP contribution is 2.32. The predicted molar refractivity (Wildman–Crippen MR) is 108 cm³/mol. The van der Waals surface area contributed by atoms with E-state index < -0.39 is 11.0 Å². The molecular weight excluding hydrogens is 388 g/mol. The standard InChI is InChI=1S/C22H18N2O6/c1-29-13-30-18-6-7-20(24(27)28)19(10-18)22(26)11-21(25)16-5-4-15-3-2-14(12-23)8-17(15)9-16/h2-10,22,26H,11,13H2,1H3. The molecule has 0 saturated heterocycles. The van der Waals surface area contributed by atoms with Gasteiger partial charge in [0.2, 0.25) is 0 Å². The summed E-state index contributed by atoms with van der Waals surface area (Å²) in [5.74, 6) is -0.108. The maximum absolute atomic E-state index is 12.7. The zero-order chi connectivity index (χ0) is 21.7. The minimum atomic E-state index is -1.40. The molecule has 3 rings (SSSR count). The number of rotatable bonds is 8. The molecule has 0 fully saturated rings. The van der Waals surface area contributed by atoms with Crippen LogP contribution >= 0.6 is 0 Å². The summed E-state index contributed by atoms with van der Waals surface area (Å²) in [4.78, 5) is 23.4. The summed E-state index contributed by atoms with van der Waals surface area (Å²) >= 11 is 0. The van der Waals surface area contributed by atoms with Gasteiger partial charge in [-0.3, -0.25) is 14.9 Å². The minimum absolute atomic E-state index is 0.0190. The summed E-state index contributed by atoms with van der Waals surface area (Å²) in [7, 11) is 1.43. The molecule has 1 atom stereocenters. The van der Waals surface area contributed by atoms with Crippen molar-refractivity contribution < 1.29 is 24.3 Å².